The number of carbonyl (C=O) groups is 2. The molecule has 2 N–H and O–H groups in total. The Bertz CT molecular complexity index is 2770. The molecule has 1 amide bonds. The highest BCUT2D eigenvalue weighted by molar-refractivity contribution is 7.86. The normalized spacial score (nSPS) is 16.3. The van der Waals surface area contributed by atoms with E-state index in [9.17, 15) is 40.6 Å². The molecular formula is C41H45N6O10S2-. The molecule has 0 spiro atoms. The van der Waals surface area contributed by atoms with Crippen molar-refractivity contribution in [1.29, 1.82) is 0 Å². The lowest BCUT2D eigenvalue weighted by Gasteiger charge is -2.42. The van der Waals surface area contributed by atoms with Crippen LogP contribution in [-0.2, 0) is 20.2 Å². The van der Waals surface area contributed by atoms with Gasteiger partial charge in [-0.2, -0.15) is 0 Å². The van der Waals surface area contributed by atoms with E-state index in [1.165, 1.54) is 18.2 Å². The number of carboxylic acid groups (broad SMARTS) is 1. The van der Waals surface area contributed by atoms with Crippen molar-refractivity contribution in [3.05, 3.63) is 109 Å². The molecule has 18 heteroatoms. The minimum absolute atomic E-state index is 0.0861. The van der Waals surface area contributed by atoms with E-state index in [0.717, 1.165) is 19.3 Å². The third-order valence-corrected chi connectivity index (χ3v) is 12.5. The second-order valence-corrected chi connectivity index (χ2v) is 18.9. The molecule has 0 aromatic heterocycles. The molecule has 3 aromatic rings. The van der Waals surface area contributed by atoms with Gasteiger partial charge in [0.05, 0.1) is 54.5 Å². The first-order valence-electron chi connectivity index (χ1n) is 18.9. The van der Waals surface area contributed by atoms with Gasteiger partial charge in [0.15, 0.2) is 5.54 Å². The Hall–Kier alpha value is -5.52. The maximum absolute atomic E-state index is 13.3. The van der Waals surface area contributed by atoms with Crippen molar-refractivity contribution in [2.75, 3.05) is 43.6 Å². The molecule has 0 unspecified atom stereocenters. The lowest BCUT2D eigenvalue weighted by molar-refractivity contribution is 0.0696. The van der Waals surface area contributed by atoms with E-state index in [2.05, 4.69) is 15.3 Å². The second-order valence-electron chi connectivity index (χ2n) is 16.1. The summed E-state index contributed by atoms with van der Waals surface area (Å²) >= 11 is 0. The smallest absolute Gasteiger partial charge is 0.336 e. The summed E-state index contributed by atoms with van der Waals surface area (Å²) in [7, 11) is -5.88. The Balaban J connectivity index is 1.59. The summed E-state index contributed by atoms with van der Waals surface area (Å²) in [6, 6.07) is 11.0. The fourth-order valence-corrected chi connectivity index (χ4v) is 9.09. The van der Waals surface area contributed by atoms with Crippen LogP contribution in [0.5, 0.6) is 11.5 Å². The first-order valence-corrected chi connectivity index (χ1v) is 22.0. The number of rotatable bonds is 14. The van der Waals surface area contributed by atoms with Crippen LogP contribution in [0, 0.1) is 0 Å². The van der Waals surface area contributed by atoms with Gasteiger partial charge in [0, 0.05) is 78.1 Å². The van der Waals surface area contributed by atoms with Crippen molar-refractivity contribution in [2.24, 2.45) is 5.11 Å². The van der Waals surface area contributed by atoms with Crippen molar-refractivity contribution in [1.82, 2.24) is 9.89 Å². The monoisotopic (exact) mass is 845 g/mol. The zero-order valence-corrected chi connectivity index (χ0v) is 35.2. The number of aromatic carboxylic acids is 1. The average Bonchev–Trinajstić information content (AvgIpc) is 3.13. The number of nitrogens with one attached hydrogen (secondary N) is 1. The summed E-state index contributed by atoms with van der Waals surface area (Å²) in [6.45, 7) is 8.18. The van der Waals surface area contributed by atoms with Crippen LogP contribution in [0.4, 0.5) is 5.69 Å². The number of ether oxygens (including phenoxy) is 1. The predicted octanol–water partition coefficient (Wildman–Crippen LogP) is 4.34. The van der Waals surface area contributed by atoms with Crippen LogP contribution in [-0.4, -0.2) is 92.7 Å². The molecule has 6 rings (SSSR count). The highest BCUT2D eigenvalue weighted by Crippen LogP contribution is 2.46. The number of carboxylic acids is 1. The number of carbonyl (C=O) groups excluding carboxylic acids is 1. The lowest BCUT2D eigenvalue weighted by atomic mass is 9.83. The fraction of sp³-hybridized carbons (Fsp3) is 0.390. The van der Waals surface area contributed by atoms with Crippen LogP contribution < -0.4 is 30.1 Å². The molecule has 0 saturated carbocycles. The molecule has 0 bridgehead atoms. The van der Waals surface area contributed by atoms with Crippen molar-refractivity contribution in [3.8, 4) is 11.5 Å². The van der Waals surface area contributed by atoms with Gasteiger partial charge in [-0.05, 0) is 79.3 Å². The molecule has 16 nitrogen and oxygen atoms in total. The van der Waals surface area contributed by atoms with E-state index in [0.29, 0.717) is 58.0 Å². The number of nitrogens with zero attached hydrogens (tertiary/aromatic N) is 5. The molecule has 3 aromatic carbocycles. The van der Waals surface area contributed by atoms with Gasteiger partial charge in [-0.15, -0.1) is 0 Å². The maximum Gasteiger partial charge on any atom is 0.336 e. The van der Waals surface area contributed by atoms with Crippen molar-refractivity contribution < 1.29 is 45.4 Å². The van der Waals surface area contributed by atoms with Crippen LogP contribution >= 0.6 is 0 Å². The zero-order valence-electron chi connectivity index (χ0n) is 33.5. The van der Waals surface area contributed by atoms with Gasteiger partial charge < -0.3 is 29.2 Å². The SMILES string of the molecule is CN1c2cc3c(cc2C(CS(=O)(=O)[O-])=CC1(C)C)C(c1ccc(C(=O)NCCCCCCN=[N+]=[N-])cc1C(=O)O)=c1cc2c(cc1O3)=[N+](C)C(C)(C)C=C2CS(=O)(=O)[O-]. The topological polar surface area (TPSA) is 245 Å². The van der Waals surface area contributed by atoms with E-state index in [-0.39, 0.29) is 39.3 Å². The Kier molecular flexibility index (Phi) is 11.6. The minimum atomic E-state index is -4.75. The van der Waals surface area contributed by atoms with Crippen LogP contribution in [0.2, 0.25) is 0 Å². The lowest BCUT2D eigenvalue weighted by Crippen LogP contribution is -2.47. The number of likely N-dealkylation sites (N-methyl/N-ethyl adjacent to an activating group) is 2. The Morgan fingerprint density at radius 3 is 2.19 bits per heavy atom. The summed E-state index contributed by atoms with van der Waals surface area (Å²) in [5.74, 6) is -2.90. The van der Waals surface area contributed by atoms with E-state index in [1.54, 1.807) is 36.4 Å². The first-order chi connectivity index (χ1) is 27.5. The van der Waals surface area contributed by atoms with Crippen molar-refractivity contribution in [2.45, 2.75) is 64.5 Å². The third kappa shape index (κ3) is 9.06. The Morgan fingerprint density at radius 1 is 0.881 bits per heavy atom. The van der Waals surface area contributed by atoms with Gasteiger partial charge in [-0.25, -0.2) is 26.2 Å². The van der Waals surface area contributed by atoms with Gasteiger partial charge in [0.25, 0.3) is 5.91 Å². The summed E-state index contributed by atoms with van der Waals surface area (Å²) in [6.07, 6.45) is 6.35. The third-order valence-electron chi connectivity index (χ3n) is 11.1. The molecule has 312 valence electrons. The van der Waals surface area contributed by atoms with Gasteiger partial charge in [0.1, 0.15) is 18.5 Å². The standard InChI is InChI=1S/C41H46N6O10S2/c1-40(2)20-25(22-58(51,52)53)28-16-31-35(18-33(28)46(40)5)57-36-19-34-29(26(23-59(54,55)56)21-41(3,4)47(34)6)17-32(36)37(31)27-12-11-24(15-30(27)39(49)50)38(48)43-13-9-7-8-10-14-44-45-42/h11-12,15-21H,7-10,13-14,22-23H2,1-6H3,(H3-,43,48,49,50,51,52,53,54,55,56)/p-1. The van der Waals surface area contributed by atoms with Gasteiger partial charge in [-0.3, -0.25) is 4.79 Å². The largest absolute Gasteiger partial charge is 0.748 e. The molecule has 3 heterocycles. The average molecular weight is 846 g/mol. The summed E-state index contributed by atoms with van der Waals surface area (Å²) in [4.78, 5) is 31.1. The predicted molar refractivity (Wildman–Crippen MR) is 221 cm³/mol. The van der Waals surface area contributed by atoms with E-state index in [4.69, 9.17) is 10.3 Å². The van der Waals surface area contributed by atoms with Gasteiger partial charge in [-0.1, -0.05) is 30.1 Å². The molecule has 3 aliphatic rings. The quantitative estimate of drug-likeness (QED) is 0.0452. The number of hydrogen-bond acceptors (Lipinski definition) is 11. The number of unbranched alkanes of at least 4 members (excludes halogenated alkanes) is 3. The Labute approximate surface area is 342 Å². The molecule has 0 atom stereocenters. The van der Waals surface area contributed by atoms with Crippen LogP contribution in [0.25, 0.3) is 27.2 Å². The highest BCUT2D eigenvalue weighted by Gasteiger charge is 2.37. The number of fused-ring (bicyclic) bond motifs is 4. The number of benzene rings is 3. The molecule has 3 aliphatic heterocycles. The molecular weight excluding hydrogens is 801 g/mol. The van der Waals surface area contributed by atoms with E-state index >= 15 is 0 Å². The van der Waals surface area contributed by atoms with Crippen molar-refractivity contribution in [3.63, 3.8) is 0 Å². The van der Waals surface area contributed by atoms with Crippen LogP contribution in [0.3, 0.4) is 0 Å². The van der Waals surface area contributed by atoms with Crippen LogP contribution in [0.15, 0.2) is 59.7 Å². The minimum Gasteiger partial charge on any atom is -0.748 e. The fourth-order valence-electron chi connectivity index (χ4n) is 7.85. The zero-order chi connectivity index (χ0) is 43.2. The molecule has 0 radical (unpaired) electrons. The summed E-state index contributed by atoms with van der Waals surface area (Å²) < 4.78 is 81.8. The molecule has 0 aliphatic carbocycles. The Morgan fingerprint density at radius 2 is 1.54 bits per heavy atom. The van der Waals surface area contributed by atoms with Crippen molar-refractivity contribution >= 4 is 54.5 Å². The number of azide groups is 1. The first kappa shape index (κ1) is 43.1. The summed E-state index contributed by atoms with van der Waals surface area (Å²) in [5.41, 5.74) is 9.49. The summed E-state index contributed by atoms with van der Waals surface area (Å²) in [5, 5.41) is 17.9. The number of hydrogen-bond donors (Lipinski definition) is 2. The highest BCUT2D eigenvalue weighted by atomic mass is 32.2. The number of amides is 1. The van der Waals surface area contributed by atoms with E-state index < -0.39 is 54.7 Å². The molecule has 0 fully saturated rings. The van der Waals surface area contributed by atoms with Crippen LogP contribution in [0.1, 0.15) is 96.3 Å². The maximum atomic E-state index is 13.3. The number of anilines is 1. The van der Waals surface area contributed by atoms with Gasteiger partial charge in [0.2, 0.25) is 5.36 Å². The van der Waals surface area contributed by atoms with Gasteiger partial charge >= 0.3 is 5.97 Å². The molecule has 59 heavy (non-hydrogen) atoms. The second kappa shape index (κ2) is 15.9. The molecule has 0 saturated heterocycles. The van der Waals surface area contributed by atoms with E-state index in [1.807, 2.05) is 51.3 Å².